The first-order valence-corrected chi connectivity index (χ1v) is 10.3. The fourth-order valence-electron chi connectivity index (χ4n) is 3.99. The molecule has 3 aromatic carbocycles. The van der Waals surface area contributed by atoms with Crippen LogP contribution in [0.2, 0.25) is 0 Å². The Morgan fingerprint density at radius 1 is 1.10 bits per heavy atom. The van der Waals surface area contributed by atoms with Crippen molar-refractivity contribution in [3.63, 3.8) is 0 Å². The van der Waals surface area contributed by atoms with Crippen molar-refractivity contribution in [2.45, 2.75) is 32.5 Å². The molecule has 158 valence electrons. The molecule has 0 spiro atoms. The van der Waals surface area contributed by atoms with E-state index in [1.807, 2.05) is 41.4 Å². The van der Waals surface area contributed by atoms with Crippen LogP contribution >= 0.6 is 0 Å². The molecule has 0 atom stereocenters. The Morgan fingerprint density at radius 2 is 1.87 bits per heavy atom. The van der Waals surface area contributed by atoms with E-state index in [1.165, 1.54) is 13.8 Å². The Hall–Kier alpha value is -3.59. The number of hydrogen-bond acceptors (Lipinski definition) is 4. The number of fused-ring (bicyclic) bond motifs is 1. The lowest BCUT2D eigenvalue weighted by atomic mass is 10.0. The monoisotopic (exact) mass is 417 g/mol. The maximum atomic E-state index is 13.8. The van der Waals surface area contributed by atoms with E-state index in [2.05, 4.69) is 6.07 Å². The summed E-state index contributed by atoms with van der Waals surface area (Å²) in [6.07, 6.45) is 1.05. The van der Waals surface area contributed by atoms with Gasteiger partial charge in [-0.2, -0.15) is 9.65 Å². The number of carbonyl (C=O) groups excluding carboxylic acids is 1. The van der Waals surface area contributed by atoms with Gasteiger partial charge in [-0.25, -0.2) is 0 Å². The second-order valence-electron chi connectivity index (χ2n) is 8.07. The normalized spacial score (nSPS) is 14.0. The van der Waals surface area contributed by atoms with Gasteiger partial charge in [-0.15, -0.1) is 0 Å². The summed E-state index contributed by atoms with van der Waals surface area (Å²) < 4.78 is 19.1. The molecule has 4 rings (SSSR count). The number of ether oxygens (including phenoxy) is 1. The van der Waals surface area contributed by atoms with Gasteiger partial charge in [-0.1, -0.05) is 36.4 Å². The number of nitriles is 1. The molecule has 0 aromatic heterocycles. The fourth-order valence-corrected chi connectivity index (χ4v) is 3.99. The molecule has 0 saturated carbocycles. The predicted molar refractivity (Wildman–Crippen MR) is 118 cm³/mol. The van der Waals surface area contributed by atoms with Crippen LogP contribution in [0.1, 0.15) is 31.4 Å². The largest absolute Gasteiger partial charge is 0.459 e. The average Bonchev–Trinajstić information content (AvgIpc) is 3.22. The molecule has 0 N–H and O–H groups in total. The smallest absolute Gasteiger partial charge is 0.245 e. The molecular weight excluding hydrogens is 393 g/mol. The molecule has 6 heteroatoms. The molecule has 5 nitrogen and oxygen atoms in total. The third-order valence-corrected chi connectivity index (χ3v) is 5.23. The molecule has 31 heavy (non-hydrogen) atoms. The first-order chi connectivity index (χ1) is 14.9. The van der Waals surface area contributed by atoms with Crippen molar-refractivity contribution in [1.82, 2.24) is 5.01 Å². The third kappa shape index (κ3) is 4.46. The van der Waals surface area contributed by atoms with Crippen molar-refractivity contribution in [1.29, 1.82) is 5.26 Å². The molecule has 1 heterocycles. The summed E-state index contributed by atoms with van der Waals surface area (Å²) in [5, 5.41) is 15.0. The Balaban J connectivity index is 1.59. The van der Waals surface area contributed by atoms with Crippen LogP contribution in [0, 0.1) is 11.3 Å². The van der Waals surface area contributed by atoms with Crippen molar-refractivity contribution in [3.05, 3.63) is 71.8 Å². The molecule has 1 fully saturated rings. The maximum absolute atomic E-state index is 13.8. The predicted octanol–water partition coefficient (Wildman–Crippen LogP) is 4.99. The van der Waals surface area contributed by atoms with Gasteiger partial charge in [-0.05, 0) is 36.2 Å². The fraction of sp³-hybridized carbons (Fsp3) is 0.280. The lowest BCUT2D eigenvalue weighted by molar-refractivity contribution is -0.129. The summed E-state index contributed by atoms with van der Waals surface area (Å²) in [6.45, 7) is 4.03. The number of benzene rings is 3. The summed E-state index contributed by atoms with van der Waals surface area (Å²) in [6, 6.07) is 20.7. The van der Waals surface area contributed by atoms with Gasteiger partial charge in [0.1, 0.15) is 5.75 Å². The summed E-state index contributed by atoms with van der Waals surface area (Å²) in [4.78, 5) is 13.2. The van der Waals surface area contributed by atoms with Crippen LogP contribution in [-0.2, 0) is 11.2 Å². The lowest BCUT2D eigenvalue weighted by Gasteiger charge is -2.31. The number of hydrazine groups is 1. The number of hydrogen-bond donors (Lipinski definition) is 0. The Bertz CT molecular complexity index is 1160. The maximum Gasteiger partial charge on any atom is 0.245 e. The van der Waals surface area contributed by atoms with Gasteiger partial charge in [0, 0.05) is 37.7 Å². The molecule has 0 unspecified atom stereocenters. The molecule has 0 aliphatic carbocycles. The molecular formula is C25H24FN3O2. The zero-order chi connectivity index (χ0) is 22.0. The van der Waals surface area contributed by atoms with Crippen LogP contribution in [0.4, 0.5) is 10.1 Å². The van der Waals surface area contributed by atoms with E-state index in [0.29, 0.717) is 17.9 Å². The highest BCUT2D eigenvalue weighted by atomic mass is 19.2. The van der Waals surface area contributed by atoms with Crippen molar-refractivity contribution < 1.29 is 13.9 Å². The summed E-state index contributed by atoms with van der Waals surface area (Å²) in [5.74, 6) is -1.43. The molecule has 1 amide bonds. The van der Waals surface area contributed by atoms with E-state index in [9.17, 15) is 14.4 Å². The van der Waals surface area contributed by atoms with Crippen LogP contribution in [0.3, 0.4) is 0 Å². The van der Waals surface area contributed by atoms with E-state index in [-0.39, 0.29) is 12.3 Å². The third-order valence-electron chi connectivity index (χ3n) is 5.23. The molecule has 1 saturated heterocycles. The van der Waals surface area contributed by atoms with E-state index in [1.54, 1.807) is 29.3 Å². The zero-order valence-corrected chi connectivity index (χ0v) is 17.6. The van der Waals surface area contributed by atoms with E-state index < -0.39 is 5.85 Å². The molecule has 3 aromatic rings. The first kappa shape index (κ1) is 20.7. The standard InChI is InChI=1S/C25H24FN3O2/c1-25(2,26)31-20-8-5-7-18(15-20)16-24(30)29-14-6-13-28(29)23-12-11-19(17-27)21-9-3-4-10-22(21)23/h3-5,7-12,15H,6,13-14,16H2,1-2H3. The number of rotatable bonds is 5. The van der Waals surface area contributed by atoms with Crippen molar-refractivity contribution in [2.75, 3.05) is 18.1 Å². The highest BCUT2D eigenvalue weighted by molar-refractivity contribution is 5.98. The minimum absolute atomic E-state index is 0.0393. The number of halogens is 1. The van der Waals surface area contributed by atoms with Crippen LogP contribution in [0.15, 0.2) is 60.7 Å². The van der Waals surface area contributed by atoms with Gasteiger partial charge < -0.3 is 4.74 Å². The van der Waals surface area contributed by atoms with Crippen LogP contribution in [0.5, 0.6) is 5.75 Å². The topological polar surface area (TPSA) is 56.6 Å². The van der Waals surface area contributed by atoms with E-state index >= 15 is 0 Å². The summed E-state index contributed by atoms with van der Waals surface area (Å²) >= 11 is 0. The number of anilines is 1. The van der Waals surface area contributed by atoms with Gasteiger partial charge in [0.05, 0.1) is 23.7 Å². The highest BCUT2D eigenvalue weighted by Gasteiger charge is 2.28. The number of nitrogens with zero attached hydrogens (tertiary/aromatic N) is 3. The van der Waals surface area contributed by atoms with Crippen molar-refractivity contribution in [3.8, 4) is 11.8 Å². The minimum atomic E-state index is -1.79. The zero-order valence-electron chi connectivity index (χ0n) is 17.6. The Labute approximate surface area is 181 Å². The van der Waals surface area contributed by atoms with E-state index in [4.69, 9.17) is 4.74 Å². The quantitative estimate of drug-likeness (QED) is 0.587. The summed E-state index contributed by atoms with van der Waals surface area (Å²) in [7, 11) is 0. The number of amides is 1. The van der Waals surface area contributed by atoms with Crippen molar-refractivity contribution in [2.24, 2.45) is 0 Å². The first-order valence-electron chi connectivity index (χ1n) is 10.3. The minimum Gasteiger partial charge on any atom is -0.459 e. The van der Waals surface area contributed by atoms with Crippen LogP contribution < -0.4 is 9.75 Å². The Kier molecular flexibility index (Phi) is 5.51. The van der Waals surface area contributed by atoms with Gasteiger partial charge in [0.15, 0.2) is 0 Å². The van der Waals surface area contributed by atoms with Gasteiger partial charge >= 0.3 is 0 Å². The molecule has 0 radical (unpaired) electrons. The summed E-state index contributed by atoms with van der Waals surface area (Å²) in [5.41, 5.74) is 2.30. The van der Waals surface area contributed by atoms with Gasteiger partial charge in [0.2, 0.25) is 11.8 Å². The SMILES string of the molecule is CC(C)(F)Oc1cccc(CC(=O)N2CCCN2c2ccc(C#N)c3ccccc23)c1. The van der Waals surface area contributed by atoms with E-state index in [0.717, 1.165) is 35.0 Å². The van der Waals surface area contributed by atoms with Crippen LogP contribution in [-0.4, -0.2) is 29.9 Å². The number of carbonyl (C=O) groups is 1. The van der Waals surface area contributed by atoms with Crippen molar-refractivity contribution >= 4 is 22.4 Å². The average molecular weight is 417 g/mol. The molecule has 1 aliphatic heterocycles. The Morgan fingerprint density at radius 3 is 2.61 bits per heavy atom. The molecule has 1 aliphatic rings. The lowest BCUT2D eigenvalue weighted by Crippen LogP contribution is -2.42. The van der Waals surface area contributed by atoms with Gasteiger partial charge in [-0.3, -0.25) is 14.8 Å². The highest BCUT2D eigenvalue weighted by Crippen LogP contribution is 2.32. The second kappa shape index (κ2) is 8.27. The van der Waals surface area contributed by atoms with Gasteiger partial charge in [0.25, 0.3) is 0 Å². The number of alkyl halides is 1. The van der Waals surface area contributed by atoms with Crippen LogP contribution in [0.25, 0.3) is 10.8 Å². The second-order valence-corrected chi connectivity index (χ2v) is 8.07. The molecule has 0 bridgehead atoms.